The van der Waals surface area contributed by atoms with Gasteiger partial charge in [0.1, 0.15) is 30.1 Å². The van der Waals surface area contributed by atoms with E-state index < -0.39 is 0 Å². The Morgan fingerprint density at radius 3 is 1.07 bits per heavy atom. The van der Waals surface area contributed by atoms with E-state index in [-0.39, 0.29) is 0 Å². The first-order valence-electron chi connectivity index (χ1n) is 26.7. The van der Waals surface area contributed by atoms with Crippen molar-refractivity contribution in [2.45, 2.75) is 237 Å². The minimum absolute atomic E-state index is 0.380. The molecule has 72 heavy (non-hydrogen) atoms. The zero-order valence-corrected chi connectivity index (χ0v) is 49.4. The highest BCUT2D eigenvalue weighted by atomic mass is 15.1. The molecule has 0 aliphatic rings. The number of aromatic nitrogens is 11. The number of nitrogens with zero attached hydrogens (tertiary/aromatic N) is 11. The zero-order chi connectivity index (χ0) is 54.8. The second kappa shape index (κ2) is 33.3. The molecule has 0 fully saturated rings. The molecule has 0 spiro atoms. The Morgan fingerprint density at radius 1 is 0.278 bits per heavy atom. The van der Waals surface area contributed by atoms with Crippen LogP contribution in [0, 0.1) is 0 Å². The summed E-state index contributed by atoms with van der Waals surface area (Å²) < 4.78 is 0. The van der Waals surface area contributed by atoms with Crippen LogP contribution in [0.3, 0.4) is 0 Å². The quantitative estimate of drug-likeness (QED) is 0.116. The van der Waals surface area contributed by atoms with E-state index in [1.807, 2.05) is 24.7 Å². The second-order valence-electron chi connectivity index (χ2n) is 22.2. The highest BCUT2D eigenvalue weighted by Gasteiger charge is 2.10. The van der Waals surface area contributed by atoms with Gasteiger partial charge in [-0.15, -0.1) is 0 Å². The van der Waals surface area contributed by atoms with Crippen LogP contribution in [0.2, 0.25) is 0 Å². The smallest absolute Gasteiger partial charge is 0.134 e. The van der Waals surface area contributed by atoms with Crippen LogP contribution in [-0.2, 0) is 0 Å². The molecule has 0 atom stereocenters. The van der Waals surface area contributed by atoms with Crippen molar-refractivity contribution in [3.05, 3.63) is 148 Å². The number of pyridine rings is 2. The molecule has 6 aromatic heterocycles. The van der Waals surface area contributed by atoms with Gasteiger partial charge in [-0.25, -0.2) is 34.9 Å². The summed E-state index contributed by atoms with van der Waals surface area (Å²) in [6.07, 6.45) is 8.85. The van der Waals surface area contributed by atoms with Crippen molar-refractivity contribution in [1.29, 1.82) is 0 Å². The third-order valence-electron chi connectivity index (χ3n) is 11.3. The molecule has 0 bridgehead atoms. The fourth-order valence-corrected chi connectivity index (χ4v) is 6.14. The standard InChI is InChI=1S/2C11H17N.3C10H16N2.C9H15N3/c1-8(2)10-5-6-12-11(7-10)9(3)4;1-8(2)10-6-5-7-11(12-10)9(3)4;1-7(2)9-5-10(8(3)4)12-6-11-9;1-7(2)9-5-10(8(3)4)12-11-6-9;1-7(2)9-5-6-11-10(12-9)8(3)4;1-6(2)8-10-5-11-9(12-8)7(3)4/h2*5-9H,1-4H3;3*5-8H,1-4H3;5-7H,1-4H3. The van der Waals surface area contributed by atoms with Gasteiger partial charge >= 0.3 is 0 Å². The van der Waals surface area contributed by atoms with Gasteiger partial charge in [-0.2, -0.15) is 10.2 Å². The van der Waals surface area contributed by atoms with Crippen LogP contribution in [0.1, 0.15) is 306 Å². The minimum Gasteiger partial charge on any atom is -0.261 e. The minimum atomic E-state index is 0.380. The lowest BCUT2D eigenvalue weighted by Crippen LogP contribution is -2.04. The molecule has 11 heteroatoms. The van der Waals surface area contributed by atoms with Crippen molar-refractivity contribution >= 4 is 0 Å². The predicted octanol–water partition coefficient (Wildman–Crippen LogP) is 16.9. The molecule has 0 aliphatic heterocycles. The van der Waals surface area contributed by atoms with E-state index in [0.717, 1.165) is 40.2 Å². The highest BCUT2D eigenvalue weighted by Crippen LogP contribution is 2.21. The Balaban J connectivity index is 0.000000432. The summed E-state index contributed by atoms with van der Waals surface area (Å²) in [6, 6.07) is 16.8. The van der Waals surface area contributed by atoms with Crippen LogP contribution in [0.5, 0.6) is 0 Å². The monoisotopic (exact) mass is 984 g/mol. The maximum atomic E-state index is 4.57. The summed E-state index contributed by atoms with van der Waals surface area (Å²) >= 11 is 0. The summed E-state index contributed by atoms with van der Waals surface area (Å²) in [4.78, 5) is 38.5. The van der Waals surface area contributed by atoms with Crippen molar-refractivity contribution in [2.24, 2.45) is 0 Å². The largest absolute Gasteiger partial charge is 0.261 e. The molecular weight excluding hydrogens is 887 g/mol. The highest BCUT2D eigenvalue weighted by molar-refractivity contribution is 5.22. The van der Waals surface area contributed by atoms with Gasteiger partial charge in [-0.3, -0.25) is 9.97 Å². The zero-order valence-electron chi connectivity index (χ0n) is 49.4. The van der Waals surface area contributed by atoms with Crippen LogP contribution in [0.15, 0.2) is 79.8 Å². The molecule has 0 unspecified atom stereocenters. The fraction of sp³-hybridized carbons (Fsp3) is 0.590. The van der Waals surface area contributed by atoms with E-state index >= 15 is 0 Å². The molecule has 6 aromatic rings. The van der Waals surface area contributed by atoms with Crippen LogP contribution < -0.4 is 0 Å². The van der Waals surface area contributed by atoms with Crippen molar-refractivity contribution < 1.29 is 0 Å². The topological polar surface area (TPSA) is 142 Å². The molecule has 0 aliphatic carbocycles. The van der Waals surface area contributed by atoms with Gasteiger partial charge in [-0.1, -0.05) is 172 Å². The van der Waals surface area contributed by atoms with E-state index in [4.69, 9.17) is 0 Å². The first-order valence-corrected chi connectivity index (χ1v) is 26.7. The van der Waals surface area contributed by atoms with Gasteiger partial charge in [0.2, 0.25) is 0 Å². The SMILES string of the molecule is CC(C)c1cc(C(C)C)ncn1.CC(C)c1cccc(C(C)C)n1.CC(C)c1ccnc(C(C)C)c1.CC(C)c1ccnc(C(C)C)n1.CC(C)c1cnnc(C(C)C)c1.CC(C)c1ncnc(C(C)C)n1. The molecule has 0 saturated heterocycles. The summed E-state index contributed by atoms with van der Waals surface area (Å²) in [6.45, 7) is 51.5. The Hall–Kier alpha value is -5.45. The van der Waals surface area contributed by atoms with E-state index in [0.29, 0.717) is 71.0 Å². The lowest BCUT2D eigenvalue weighted by molar-refractivity contribution is 0.693. The van der Waals surface area contributed by atoms with E-state index in [9.17, 15) is 0 Å². The molecule has 0 amide bonds. The van der Waals surface area contributed by atoms with Gasteiger partial charge in [0, 0.05) is 64.3 Å². The number of hydrogen-bond donors (Lipinski definition) is 0. The molecule has 11 nitrogen and oxygen atoms in total. The van der Waals surface area contributed by atoms with Crippen LogP contribution in [-0.4, -0.2) is 55.1 Å². The molecule has 0 aromatic carbocycles. The lowest BCUT2D eigenvalue weighted by Gasteiger charge is -2.08. The third-order valence-corrected chi connectivity index (χ3v) is 11.3. The van der Waals surface area contributed by atoms with Crippen molar-refractivity contribution in [3.8, 4) is 0 Å². The molecule has 0 saturated carbocycles. The summed E-state index contributed by atoms with van der Waals surface area (Å²) in [5.41, 5.74) is 10.7. The Labute approximate surface area is 438 Å². The molecular formula is C61H97N11. The molecule has 0 radical (unpaired) electrons. The average molecular weight is 985 g/mol. The van der Waals surface area contributed by atoms with Crippen LogP contribution in [0.25, 0.3) is 0 Å². The van der Waals surface area contributed by atoms with E-state index in [1.54, 1.807) is 12.7 Å². The normalized spacial score (nSPS) is 11.2. The molecule has 6 rings (SSSR count). The van der Waals surface area contributed by atoms with Crippen molar-refractivity contribution in [3.63, 3.8) is 0 Å². The summed E-state index contributed by atoms with van der Waals surface area (Å²) in [7, 11) is 0. The predicted molar refractivity (Wildman–Crippen MR) is 303 cm³/mol. The van der Waals surface area contributed by atoms with E-state index in [1.165, 1.54) is 28.2 Å². The fourth-order valence-electron chi connectivity index (χ4n) is 6.14. The van der Waals surface area contributed by atoms with Crippen molar-refractivity contribution in [2.75, 3.05) is 0 Å². The first-order chi connectivity index (χ1) is 33.7. The van der Waals surface area contributed by atoms with Gasteiger partial charge in [0.05, 0.1) is 11.9 Å². The summed E-state index contributed by atoms with van der Waals surface area (Å²) in [5, 5.41) is 8.05. The number of hydrogen-bond acceptors (Lipinski definition) is 11. The average Bonchev–Trinajstić information content (AvgIpc) is 3.35. The van der Waals surface area contributed by atoms with Gasteiger partial charge in [0.15, 0.2) is 0 Å². The maximum Gasteiger partial charge on any atom is 0.134 e. The van der Waals surface area contributed by atoms with Gasteiger partial charge in [0.25, 0.3) is 0 Å². The Kier molecular flexibility index (Phi) is 29.9. The first kappa shape index (κ1) is 64.6. The van der Waals surface area contributed by atoms with Gasteiger partial charge < -0.3 is 0 Å². The Bertz CT molecular complexity index is 1810. The van der Waals surface area contributed by atoms with Crippen molar-refractivity contribution in [1.82, 2.24) is 55.1 Å². The molecule has 396 valence electrons. The Morgan fingerprint density at radius 2 is 0.653 bits per heavy atom. The van der Waals surface area contributed by atoms with Crippen LogP contribution in [0.4, 0.5) is 0 Å². The molecule has 0 N–H and O–H groups in total. The maximum absolute atomic E-state index is 4.57. The van der Waals surface area contributed by atoms with Crippen LogP contribution >= 0.6 is 0 Å². The second-order valence-corrected chi connectivity index (χ2v) is 22.2. The third kappa shape index (κ3) is 24.8. The lowest BCUT2D eigenvalue weighted by atomic mass is 10.0. The molecule has 6 heterocycles. The number of rotatable bonds is 12. The van der Waals surface area contributed by atoms with E-state index in [2.05, 4.69) is 264 Å². The van der Waals surface area contributed by atoms with Gasteiger partial charge in [-0.05, 0) is 107 Å². The summed E-state index contributed by atoms with van der Waals surface area (Å²) in [5.74, 6) is 8.57.